The Bertz CT molecular complexity index is 2910. The number of benzene rings is 3. The Hall–Kier alpha value is -5.18. The van der Waals surface area contributed by atoms with E-state index in [1.165, 1.54) is 54.7 Å². The van der Waals surface area contributed by atoms with Gasteiger partial charge in [0.15, 0.2) is 0 Å². The Labute approximate surface area is 399 Å². The monoisotopic (exact) mass is 994 g/mol. The number of carbonyl (C=O) groups is 1. The minimum Gasteiger partial charge on any atom is -0.455 e. The van der Waals surface area contributed by atoms with Crippen LogP contribution in [0.5, 0.6) is 11.5 Å². The van der Waals surface area contributed by atoms with Crippen molar-refractivity contribution in [1.29, 1.82) is 0 Å². The molecule has 20 heteroatoms. The van der Waals surface area contributed by atoms with Gasteiger partial charge in [-0.3, -0.25) is 9.69 Å². The van der Waals surface area contributed by atoms with Crippen molar-refractivity contribution < 1.29 is 39.5 Å². The van der Waals surface area contributed by atoms with Gasteiger partial charge < -0.3 is 30.2 Å². The first-order valence-electron chi connectivity index (χ1n) is 22.9. The van der Waals surface area contributed by atoms with Crippen LogP contribution in [0.25, 0.3) is 16.6 Å². The molecule has 0 unspecified atom stereocenters. The number of sulfone groups is 1. The van der Waals surface area contributed by atoms with Crippen LogP contribution >= 0.6 is 11.6 Å². The predicted octanol–water partition coefficient (Wildman–Crippen LogP) is 8.06. The van der Waals surface area contributed by atoms with E-state index >= 15 is 0 Å². The molecule has 2 aliphatic carbocycles. The van der Waals surface area contributed by atoms with Crippen LogP contribution in [0.15, 0.2) is 101 Å². The van der Waals surface area contributed by atoms with Crippen LogP contribution in [0.2, 0.25) is 5.02 Å². The van der Waals surface area contributed by atoms with Crippen molar-refractivity contribution in [2.75, 3.05) is 82.2 Å². The van der Waals surface area contributed by atoms with Gasteiger partial charge in [-0.2, -0.15) is 13.2 Å². The summed E-state index contributed by atoms with van der Waals surface area (Å²) in [6.45, 7) is 7.68. The number of allylic oxidation sites excluding steroid dienone is 1. The predicted molar refractivity (Wildman–Crippen MR) is 257 cm³/mol. The van der Waals surface area contributed by atoms with Crippen LogP contribution in [0.3, 0.4) is 0 Å². The largest absolute Gasteiger partial charge is 0.501 e. The van der Waals surface area contributed by atoms with Gasteiger partial charge in [0.2, 0.25) is 0 Å². The summed E-state index contributed by atoms with van der Waals surface area (Å²) in [5.41, 5.74) is -0.471. The van der Waals surface area contributed by atoms with Crippen LogP contribution in [-0.2, 0) is 19.9 Å². The minimum absolute atomic E-state index is 0.0000845. The van der Waals surface area contributed by atoms with Crippen molar-refractivity contribution in [2.45, 2.75) is 60.2 Å². The summed E-state index contributed by atoms with van der Waals surface area (Å²) in [5, 5.41) is 7.42. The van der Waals surface area contributed by atoms with Gasteiger partial charge in [0.25, 0.3) is 25.8 Å². The zero-order valence-corrected chi connectivity index (χ0v) is 39.8. The Morgan fingerprint density at radius 2 is 1.65 bits per heavy atom. The normalized spacial score (nSPS) is 18.4. The quantitative estimate of drug-likeness (QED) is 0.0746. The second-order valence-electron chi connectivity index (χ2n) is 18.2. The number of carbonyl (C=O) groups excluding carboxylic acids is 1. The van der Waals surface area contributed by atoms with Crippen molar-refractivity contribution in [2.24, 2.45) is 5.41 Å². The highest BCUT2D eigenvalue weighted by molar-refractivity contribution is 7.92. The van der Waals surface area contributed by atoms with Crippen molar-refractivity contribution in [3.05, 3.63) is 107 Å². The standard InChI is InChI=1S/C48H54ClF3N8O6S2/c49-36-5-3-33(4-6-36)41-30-47(13-1-14-47)15-11-35(41)32-59-23-25-60(26-24-59)37-7-9-40(43(28-37)66-38-27-34-12-17-55-45(34)56-31-38)46(61)57-68(64,65)39-8-10-42(44(29-39)67(62,63)48(50,51)52)54-16-2-20-58-21-18-53-19-22-58/h3-10,12,17,27-29,31,53-54H,1-2,11,13-16,18-26,30,32H2,(H,55,56)(H,57,61). The highest BCUT2D eigenvalue weighted by atomic mass is 35.5. The first-order valence-corrected chi connectivity index (χ1v) is 26.3. The third kappa shape index (κ3) is 10.5. The molecule has 362 valence electrons. The van der Waals surface area contributed by atoms with Gasteiger partial charge in [-0.1, -0.05) is 35.7 Å². The number of aromatic nitrogens is 2. The fraction of sp³-hybridized carbons (Fsp3) is 0.417. The van der Waals surface area contributed by atoms with E-state index in [2.05, 4.69) is 47.4 Å². The fourth-order valence-corrected chi connectivity index (χ4v) is 11.9. The van der Waals surface area contributed by atoms with Gasteiger partial charge >= 0.3 is 5.51 Å². The number of piperazine rings is 2. The molecule has 3 fully saturated rings. The molecule has 2 aliphatic heterocycles. The van der Waals surface area contributed by atoms with E-state index in [9.17, 15) is 34.8 Å². The number of hydrogen-bond donors (Lipinski definition) is 4. The molecule has 2 saturated heterocycles. The van der Waals surface area contributed by atoms with E-state index in [0.29, 0.717) is 48.2 Å². The van der Waals surface area contributed by atoms with Crippen LogP contribution in [0.1, 0.15) is 60.9 Å². The van der Waals surface area contributed by atoms with Gasteiger partial charge in [-0.25, -0.2) is 26.5 Å². The molecule has 4 heterocycles. The van der Waals surface area contributed by atoms with Crippen molar-refractivity contribution >= 4 is 65.3 Å². The molecular weight excluding hydrogens is 941 g/mol. The van der Waals surface area contributed by atoms with E-state index in [1.807, 2.05) is 16.9 Å². The lowest BCUT2D eigenvalue weighted by atomic mass is 9.59. The summed E-state index contributed by atoms with van der Waals surface area (Å²) in [6, 6.07) is 18.8. The number of pyridine rings is 1. The second-order valence-corrected chi connectivity index (χ2v) is 22.2. The smallest absolute Gasteiger partial charge is 0.455 e. The molecule has 4 aliphatic rings. The van der Waals surface area contributed by atoms with Crippen molar-refractivity contribution in [3.8, 4) is 11.5 Å². The van der Waals surface area contributed by atoms with E-state index in [4.69, 9.17) is 16.3 Å². The fourth-order valence-electron chi connectivity index (χ4n) is 9.77. The van der Waals surface area contributed by atoms with E-state index in [0.717, 1.165) is 81.9 Å². The Balaban J connectivity index is 0.934. The SMILES string of the molecule is O=C(NS(=O)(=O)c1ccc(NCCCN2CCNCC2)c(S(=O)(=O)C(F)(F)F)c1)c1ccc(N2CCN(CC3=C(c4ccc(Cl)cc4)CC4(CCC4)CC3)CC2)cc1Oc1cnc2[nH]ccc2c1. The highest BCUT2D eigenvalue weighted by Gasteiger charge is 2.48. The molecule has 9 rings (SSSR count). The van der Waals surface area contributed by atoms with Crippen molar-refractivity contribution in [1.82, 2.24) is 29.8 Å². The first-order chi connectivity index (χ1) is 32.6. The molecule has 4 N–H and O–H groups in total. The molecule has 5 aromatic rings. The number of ether oxygens (including phenoxy) is 1. The van der Waals surface area contributed by atoms with Crippen LogP contribution in [0, 0.1) is 5.41 Å². The summed E-state index contributed by atoms with van der Waals surface area (Å²) in [7, 11) is -11.0. The maximum absolute atomic E-state index is 14.0. The molecule has 1 saturated carbocycles. The third-order valence-corrected chi connectivity index (χ3v) is 16.9. The lowest BCUT2D eigenvalue weighted by molar-refractivity contribution is -0.0435. The summed E-state index contributed by atoms with van der Waals surface area (Å²) in [4.78, 5) is 26.1. The number of aromatic amines is 1. The maximum Gasteiger partial charge on any atom is 0.501 e. The number of nitrogens with zero attached hydrogens (tertiary/aromatic N) is 4. The number of fused-ring (bicyclic) bond motifs is 1. The maximum atomic E-state index is 14.0. The summed E-state index contributed by atoms with van der Waals surface area (Å²) in [6.07, 6.45) is 10.8. The Morgan fingerprint density at radius 1 is 0.882 bits per heavy atom. The van der Waals surface area contributed by atoms with Crippen LogP contribution < -0.4 is 25.0 Å². The van der Waals surface area contributed by atoms with Gasteiger partial charge in [-0.15, -0.1) is 0 Å². The molecular formula is C48H54ClF3N8O6S2. The molecule has 1 spiro atoms. The summed E-state index contributed by atoms with van der Waals surface area (Å²) in [5.74, 6) is -0.891. The molecule has 0 atom stereocenters. The minimum atomic E-state index is -6.03. The van der Waals surface area contributed by atoms with E-state index in [1.54, 1.807) is 30.5 Å². The number of nitrogens with one attached hydrogen (secondary N) is 4. The highest BCUT2D eigenvalue weighted by Crippen LogP contribution is 2.55. The Morgan fingerprint density at radius 3 is 2.37 bits per heavy atom. The van der Waals surface area contributed by atoms with Gasteiger partial charge in [0.05, 0.1) is 22.3 Å². The molecule has 3 aromatic carbocycles. The summed E-state index contributed by atoms with van der Waals surface area (Å²) >= 11 is 6.27. The number of anilines is 2. The molecule has 14 nitrogen and oxygen atoms in total. The number of hydrogen-bond acceptors (Lipinski definition) is 12. The average Bonchev–Trinajstić information content (AvgIpc) is 3.79. The zero-order valence-electron chi connectivity index (χ0n) is 37.4. The van der Waals surface area contributed by atoms with Gasteiger partial charge in [0, 0.05) is 93.8 Å². The second kappa shape index (κ2) is 19.7. The number of halogens is 4. The molecule has 0 radical (unpaired) electrons. The number of alkyl halides is 3. The lowest BCUT2D eigenvalue weighted by Crippen LogP contribution is -2.47. The molecule has 2 aromatic heterocycles. The number of rotatable bonds is 15. The van der Waals surface area contributed by atoms with Gasteiger partial charge in [-0.05, 0) is 116 Å². The van der Waals surface area contributed by atoms with E-state index < -0.39 is 46.8 Å². The van der Waals surface area contributed by atoms with E-state index in [-0.39, 0.29) is 23.6 Å². The average molecular weight is 996 g/mol. The van der Waals surface area contributed by atoms with Crippen LogP contribution in [0.4, 0.5) is 24.5 Å². The molecule has 68 heavy (non-hydrogen) atoms. The first kappa shape index (κ1) is 47.9. The Kier molecular flexibility index (Phi) is 13.8. The number of H-pyrrole nitrogens is 1. The molecule has 1 amide bonds. The van der Waals surface area contributed by atoms with Crippen molar-refractivity contribution in [3.63, 3.8) is 0 Å². The van der Waals surface area contributed by atoms with Crippen LogP contribution in [-0.4, -0.2) is 120 Å². The number of amides is 1. The third-order valence-electron chi connectivity index (χ3n) is 13.8. The lowest BCUT2D eigenvalue weighted by Gasteiger charge is -2.47. The molecule has 0 bridgehead atoms. The zero-order chi connectivity index (χ0) is 47.7. The van der Waals surface area contributed by atoms with Gasteiger partial charge in [0.1, 0.15) is 22.0 Å². The topological polar surface area (TPSA) is 169 Å². The number of sulfonamides is 1. The summed E-state index contributed by atoms with van der Waals surface area (Å²) < 4.78 is 104.